The molecule has 2 rings (SSSR count). The van der Waals surface area contributed by atoms with Crippen molar-refractivity contribution in [3.8, 4) is 0 Å². The second-order valence-corrected chi connectivity index (χ2v) is 3.84. The van der Waals surface area contributed by atoms with Crippen LogP contribution in [0.5, 0.6) is 0 Å². The molecule has 1 saturated heterocycles. The Bertz CT molecular complexity index is 355. The molecule has 88 valence electrons. The van der Waals surface area contributed by atoms with E-state index in [0.717, 1.165) is 0 Å². The van der Waals surface area contributed by atoms with E-state index >= 15 is 0 Å². The van der Waals surface area contributed by atoms with E-state index in [-0.39, 0.29) is 0 Å². The summed E-state index contributed by atoms with van der Waals surface area (Å²) in [6.07, 6.45) is -3.78. The molecule has 0 radical (unpaired) electrons. The first-order valence-electron chi connectivity index (χ1n) is 5.02. The Labute approximate surface area is 92.5 Å². The van der Waals surface area contributed by atoms with Gasteiger partial charge in [0.2, 0.25) is 5.79 Å². The van der Waals surface area contributed by atoms with Gasteiger partial charge >= 0.3 is 0 Å². The molecule has 1 fully saturated rings. The summed E-state index contributed by atoms with van der Waals surface area (Å²) in [4.78, 5) is 0. The normalized spacial score (nSPS) is 38.9. The molecular formula is C11H14O5. The highest BCUT2D eigenvalue weighted by molar-refractivity contribution is 5.23. The zero-order valence-corrected chi connectivity index (χ0v) is 8.52. The van der Waals surface area contributed by atoms with Crippen LogP contribution < -0.4 is 0 Å². The molecule has 1 unspecified atom stereocenters. The number of ether oxygens (including phenoxy) is 1. The van der Waals surface area contributed by atoms with Crippen molar-refractivity contribution in [2.45, 2.75) is 24.1 Å². The van der Waals surface area contributed by atoms with Gasteiger partial charge in [0.1, 0.15) is 18.3 Å². The summed E-state index contributed by atoms with van der Waals surface area (Å²) in [6.45, 7) is -0.465. The number of aliphatic hydroxyl groups excluding tert-OH is 3. The van der Waals surface area contributed by atoms with Crippen LogP contribution in [0, 0.1) is 0 Å². The van der Waals surface area contributed by atoms with Crippen LogP contribution in [0.2, 0.25) is 0 Å². The molecule has 16 heavy (non-hydrogen) atoms. The van der Waals surface area contributed by atoms with Crippen LogP contribution in [-0.4, -0.2) is 45.3 Å². The molecule has 4 atom stereocenters. The van der Waals surface area contributed by atoms with Crippen molar-refractivity contribution in [3.63, 3.8) is 0 Å². The van der Waals surface area contributed by atoms with Gasteiger partial charge in [-0.15, -0.1) is 0 Å². The third kappa shape index (κ3) is 1.63. The van der Waals surface area contributed by atoms with Gasteiger partial charge in [0.15, 0.2) is 0 Å². The summed E-state index contributed by atoms with van der Waals surface area (Å²) >= 11 is 0. The largest absolute Gasteiger partial charge is 0.394 e. The monoisotopic (exact) mass is 226 g/mol. The van der Waals surface area contributed by atoms with Crippen LogP contribution >= 0.6 is 0 Å². The Balaban J connectivity index is 2.33. The first-order chi connectivity index (χ1) is 7.59. The Hall–Kier alpha value is -0.980. The fourth-order valence-electron chi connectivity index (χ4n) is 1.87. The molecule has 0 spiro atoms. The minimum atomic E-state index is -1.96. The number of hydrogen-bond acceptors (Lipinski definition) is 5. The summed E-state index contributed by atoms with van der Waals surface area (Å²) < 4.78 is 5.11. The topological polar surface area (TPSA) is 90.2 Å². The average Bonchev–Trinajstić information content (AvgIpc) is 2.56. The van der Waals surface area contributed by atoms with E-state index in [4.69, 9.17) is 9.84 Å². The van der Waals surface area contributed by atoms with Gasteiger partial charge in [-0.05, 0) is 0 Å². The SMILES string of the molecule is OC[C@H]1OC(O)(c2ccccc2)[C@H](O)[C@@H]1O. The van der Waals surface area contributed by atoms with E-state index in [1.807, 2.05) is 0 Å². The van der Waals surface area contributed by atoms with Gasteiger partial charge in [0, 0.05) is 5.56 Å². The fourth-order valence-corrected chi connectivity index (χ4v) is 1.87. The molecule has 0 aliphatic carbocycles. The molecule has 0 amide bonds. The third-order valence-corrected chi connectivity index (χ3v) is 2.80. The maximum absolute atomic E-state index is 10.2. The molecule has 1 aliphatic heterocycles. The number of benzene rings is 1. The first kappa shape index (κ1) is 11.5. The zero-order valence-electron chi connectivity index (χ0n) is 8.52. The van der Waals surface area contributed by atoms with E-state index < -0.39 is 30.7 Å². The van der Waals surface area contributed by atoms with Crippen molar-refractivity contribution in [1.82, 2.24) is 0 Å². The predicted molar refractivity (Wildman–Crippen MR) is 54.3 cm³/mol. The minimum Gasteiger partial charge on any atom is -0.394 e. The highest BCUT2D eigenvalue weighted by Crippen LogP contribution is 2.37. The lowest BCUT2D eigenvalue weighted by atomic mass is 9.98. The predicted octanol–water partition coefficient (Wildman–Crippen LogP) is -1.06. The molecule has 0 saturated carbocycles. The summed E-state index contributed by atoms with van der Waals surface area (Å²) in [7, 11) is 0. The van der Waals surface area contributed by atoms with Crippen LogP contribution in [0.15, 0.2) is 30.3 Å². The molecule has 1 aromatic rings. The standard InChI is InChI=1S/C11H14O5/c12-6-8-9(13)10(14)11(15,16-8)7-4-2-1-3-5-7/h1-5,8-10,12-15H,6H2/t8-,9-,10-,11?/m1/s1. The average molecular weight is 226 g/mol. The highest BCUT2D eigenvalue weighted by Gasteiger charge is 2.54. The zero-order chi connectivity index (χ0) is 11.8. The molecule has 1 aromatic carbocycles. The van der Waals surface area contributed by atoms with Gasteiger partial charge in [-0.2, -0.15) is 0 Å². The molecule has 5 heteroatoms. The lowest BCUT2D eigenvalue weighted by Crippen LogP contribution is -2.40. The number of hydrogen-bond donors (Lipinski definition) is 4. The van der Waals surface area contributed by atoms with Crippen molar-refractivity contribution in [2.24, 2.45) is 0 Å². The summed E-state index contributed by atoms with van der Waals surface area (Å²) in [5.74, 6) is -1.96. The van der Waals surface area contributed by atoms with Gasteiger partial charge in [-0.25, -0.2) is 0 Å². The second kappa shape index (κ2) is 4.12. The van der Waals surface area contributed by atoms with E-state index in [2.05, 4.69) is 0 Å². The van der Waals surface area contributed by atoms with Gasteiger partial charge < -0.3 is 25.2 Å². The van der Waals surface area contributed by atoms with Crippen molar-refractivity contribution in [3.05, 3.63) is 35.9 Å². The fraction of sp³-hybridized carbons (Fsp3) is 0.455. The lowest BCUT2D eigenvalue weighted by molar-refractivity contribution is -0.239. The minimum absolute atomic E-state index is 0.345. The Kier molecular flexibility index (Phi) is 2.96. The number of rotatable bonds is 2. The molecular weight excluding hydrogens is 212 g/mol. The van der Waals surface area contributed by atoms with Crippen molar-refractivity contribution >= 4 is 0 Å². The Morgan fingerprint density at radius 1 is 1.19 bits per heavy atom. The highest BCUT2D eigenvalue weighted by atomic mass is 16.7. The van der Waals surface area contributed by atoms with Crippen LogP contribution in [0.3, 0.4) is 0 Å². The molecule has 1 heterocycles. The van der Waals surface area contributed by atoms with Crippen molar-refractivity contribution in [2.75, 3.05) is 6.61 Å². The molecule has 4 N–H and O–H groups in total. The maximum Gasteiger partial charge on any atom is 0.222 e. The van der Waals surface area contributed by atoms with E-state index in [9.17, 15) is 15.3 Å². The molecule has 0 bridgehead atoms. The van der Waals surface area contributed by atoms with Gasteiger partial charge in [-0.3, -0.25) is 0 Å². The van der Waals surface area contributed by atoms with Crippen molar-refractivity contribution < 1.29 is 25.2 Å². The molecule has 1 aliphatic rings. The van der Waals surface area contributed by atoms with Gasteiger partial charge in [-0.1, -0.05) is 30.3 Å². The summed E-state index contributed by atoms with van der Waals surface area (Å²) in [6, 6.07) is 8.28. The van der Waals surface area contributed by atoms with Crippen molar-refractivity contribution in [1.29, 1.82) is 0 Å². The van der Waals surface area contributed by atoms with Crippen LogP contribution in [0.1, 0.15) is 5.56 Å². The van der Waals surface area contributed by atoms with Crippen LogP contribution in [0.25, 0.3) is 0 Å². The van der Waals surface area contributed by atoms with E-state index in [1.54, 1.807) is 30.3 Å². The maximum atomic E-state index is 10.2. The lowest BCUT2D eigenvalue weighted by Gasteiger charge is -2.26. The quantitative estimate of drug-likeness (QED) is 0.516. The third-order valence-electron chi connectivity index (χ3n) is 2.80. The van der Waals surface area contributed by atoms with Crippen LogP contribution in [-0.2, 0) is 10.5 Å². The molecule has 0 aromatic heterocycles. The Morgan fingerprint density at radius 3 is 2.31 bits per heavy atom. The second-order valence-electron chi connectivity index (χ2n) is 3.84. The van der Waals surface area contributed by atoms with E-state index in [1.165, 1.54) is 0 Å². The Morgan fingerprint density at radius 2 is 1.81 bits per heavy atom. The van der Waals surface area contributed by atoms with Gasteiger partial charge in [0.25, 0.3) is 0 Å². The number of aliphatic hydroxyl groups is 4. The van der Waals surface area contributed by atoms with Crippen LogP contribution in [0.4, 0.5) is 0 Å². The smallest absolute Gasteiger partial charge is 0.222 e. The molecule has 5 nitrogen and oxygen atoms in total. The summed E-state index contributed by atoms with van der Waals surface area (Å²) in [5.41, 5.74) is 0.345. The van der Waals surface area contributed by atoms with E-state index in [0.29, 0.717) is 5.56 Å². The first-order valence-corrected chi connectivity index (χ1v) is 5.02. The van der Waals surface area contributed by atoms with Gasteiger partial charge in [0.05, 0.1) is 6.61 Å². The summed E-state index contributed by atoms with van der Waals surface area (Å²) in [5, 5.41) is 38.4.